The van der Waals surface area contributed by atoms with Gasteiger partial charge in [0.2, 0.25) is 5.91 Å². The van der Waals surface area contributed by atoms with Crippen molar-refractivity contribution in [2.45, 2.75) is 31.1 Å². The number of benzene rings is 2. The van der Waals surface area contributed by atoms with E-state index in [1.165, 1.54) is 16.5 Å². The SMILES string of the molecule is CC(C)c1cccc2sc(N3CCN(C(=O)Cc4ccc(S(C)(=O)=O)cc4)CC3)nc12. The molecule has 2 heterocycles. The molecular formula is C23H27N3O3S2. The molecule has 0 aliphatic carbocycles. The van der Waals surface area contributed by atoms with Crippen LogP contribution in [-0.2, 0) is 21.1 Å². The number of nitrogens with zero attached hydrogens (tertiary/aromatic N) is 3. The summed E-state index contributed by atoms with van der Waals surface area (Å²) in [6.45, 7) is 7.21. The molecule has 1 aromatic heterocycles. The molecule has 31 heavy (non-hydrogen) atoms. The van der Waals surface area contributed by atoms with Crippen LogP contribution in [0, 0.1) is 0 Å². The first-order valence-corrected chi connectivity index (χ1v) is 13.1. The number of piperazine rings is 1. The number of thiazole rings is 1. The second kappa shape index (κ2) is 8.59. The van der Waals surface area contributed by atoms with Gasteiger partial charge in [-0.15, -0.1) is 0 Å². The standard InChI is InChI=1S/C23H27N3O3S2/c1-16(2)19-5-4-6-20-22(19)24-23(30-20)26-13-11-25(12-14-26)21(27)15-17-7-9-18(10-8-17)31(3,28)29/h4-10,16H,11-15H2,1-3H3. The summed E-state index contributed by atoms with van der Waals surface area (Å²) in [6, 6.07) is 12.9. The third-order valence-electron chi connectivity index (χ3n) is 5.67. The van der Waals surface area contributed by atoms with Crippen LogP contribution in [0.3, 0.4) is 0 Å². The molecule has 3 aromatic rings. The van der Waals surface area contributed by atoms with Crippen LogP contribution < -0.4 is 4.90 Å². The van der Waals surface area contributed by atoms with Crippen molar-refractivity contribution in [3.8, 4) is 0 Å². The van der Waals surface area contributed by atoms with E-state index in [0.29, 0.717) is 19.0 Å². The predicted molar refractivity (Wildman–Crippen MR) is 126 cm³/mol. The van der Waals surface area contributed by atoms with E-state index >= 15 is 0 Å². The molecule has 0 spiro atoms. The van der Waals surface area contributed by atoms with Crippen LogP contribution in [0.2, 0.25) is 0 Å². The fourth-order valence-corrected chi connectivity index (χ4v) is 5.53. The number of carbonyl (C=O) groups excluding carboxylic acids is 1. The van der Waals surface area contributed by atoms with Crippen molar-refractivity contribution in [3.63, 3.8) is 0 Å². The Morgan fingerprint density at radius 3 is 2.35 bits per heavy atom. The summed E-state index contributed by atoms with van der Waals surface area (Å²) >= 11 is 1.71. The third-order valence-corrected chi connectivity index (χ3v) is 7.88. The quantitative estimate of drug-likeness (QED) is 0.584. The maximum atomic E-state index is 12.7. The molecule has 4 rings (SSSR count). The molecule has 0 N–H and O–H groups in total. The summed E-state index contributed by atoms with van der Waals surface area (Å²) in [5.41, 5.74) is 3.19. The zero-order valence-corrected chi connectivity index (χ0v) is 19.7. The lowest BCUT2D eigenvalue weighted by molar-refractivity contribution is -0.130. The van der Waals surface area contributed by atoms with Crippen LogP contribution in [0.1, 0.15) is 30.9 Å². The average Bonchev–Trinajstić information content (AvgIpc) is 3.18. The number of anilines is 1. The van der Waals surface area contributed by atoms with Crippen LogP contribution in [-0.4, -0.2) is 56.6 Å². The lowest BCUT2D eigenvalue weighted by Gasteiger charge is -2.34. The summed E-state index contributed by atoms with van der Waals surface area (Å²) in [5.74, 6) is 0.498. The number of para-hydroxylation sites is 1. The largest absolute Gasteiger partial charge is 0.345 e. The molecule has 1 amide bonds. The zero-order chi connectivity index (χ0) is 22.2. The van der Waals surface area contributed by atoms with Crippen molar-refractivity contribution in [3.05, 3.63) is 53.6 Å². The summed E-state index contributed by atoms with van der Waals surface area (Å²) in [4.78, 5) is 22.1. The van der Waals surface area contributed by atoms with Crippen LogP contribution >= 0.6 is 11.3 Å². The Balaban J connectivity index is 1.39. The number of hydrogen-bond acceptors (Lipinski definition) is 6. The number of rotatable bonds is 5. The molecule has 1 aliphatic heterocycles. The predicted octanol–water partition coefficient (Wildman–Crippen LogP) is 3.71. The van der Waals surface area contributed by atoms with Gasteiger partial charge in [0.05, 0.1) is 21.5 Å². The first-order valence-electron chi connectivity index (χ1n) is 10.4. The maximum absolute atomic E-state index is 12.7. The maximum Gasteiger partial charge on any atom is 0.227 e. The van der Waals surface area contributed by atoms with Gasteiger partial charge in [0.15, 0.2) is 15.0 Å². The van der Waals surface area contributed by atoms with E-state index in [1.54, 1.807) is 35.6 Å². The Labute approximate surface area is 187 Å². The molecule has 1 fully saturated rings. The van der Waals surface area contributed by atoms with Crippen LogP contribution in [0.5, 0.6) is 0 Å². The summed E-state index contributed by atoms with van der Waals surface area (Å²) in [6.07, 6.45) is 1.46. The van der Waals surface area contributed by atoms with Crippen molar-refractivity contribution in [1.29, 1.82) is 0 Å². The third kappa shape index (κ3) is 4.75. The van der Waals surface area contributed by atoms with Crippen molar-refractivity contribution in [1.82, 2.24) is 9.88 Å². The topological polar surface area (TPSA) is 70.6 Å². The van der Waals surface area contributed by atoms with Crippen LogP contribution in [0.25, 0.3) is 10.2 Å². The minimum Gasteiger partial charge on any atom is -0.345 e. The van der Waals surface area contributed by atoms with Gasteiger partial charge in [-0.1, -0.05) is 49.4 Å². The fourth-order valence-electron chi connectivity index (χ4n) is 3.85. The molecule has 0 saturated carbocycles. The van der Waals surface area contributed by atoms with Gasteiger partial charge in [0.1, 0.15) is 0 Å². The molecule has 0 radical (unpaired) electrons. The Morgan fingerprint density at radius 1 is 1.06 bits per heavy atom. The highest BCUT2D eigenvalue weighted by molar-refractivity contribution is 7.90. The Hall–Kier alpha value is -2.45. The molecule has 0 bridgehead atoms. The van der Waals surface area contributed by atoms with Gasteiger partial charge in [0, 0.05) is 32.4 Å². The molecule has 2 aromatic carbocycles. The zero-order valence-electron chi connectivity index (χ0n) is 18.0. The molecule has 0 atom stereocenters. The van der Waals surface area contributed by atoms with E-state index in [0.717, 1.165) is 29.3 Å². The molecular weight excluding hydrogens is 430 g/mol. The first kappa shape index (κ1) is 21.8. The van der Waals surface area contributed by atoms with Gasteiger partial charge in [-0.25, -0.2) is 13.4 Å². The van der Waals surface area contributed by atoms with Crippen molar-refractivity contribution in [2.75, 3.05) is 37.3 Å². The van der Waals surface area contributed by atoms with Gasteiger partial charge in [-0.05, 0) is 35.2 Å². The van der Waals surface area contributed by atoms with Crippen LogP contribution in [0.15, 0.2) is 47.4 Å². The van der Waals surface area contributed by atoms with Crippen molar-refractivity contribution in [2.24, 2.45) is 0 Å². The number of sulfone groups is 1. The summed E-state index contributed by atoms with van der Waals surface area (Å²) in [7, 11) is -3.22. The van der Waals surface area contributed by atoms with E-state index in [2.05, 4.69) is 36.9 Å². The molecule has 164 valence electrons. The highest BCUT2D eigenvalue weighted by Crippen LogP contribution is 2.33. The van der Waals surface area contributed by atoms with Gasteiger partial charge < -0.3 is 9.80 Å². The number of amides is 1. The van der Waals surface area contributed by atoms with Gasteiger partial charge in [-0.3, -0.25) is 4.79 Å². The highest BCUT2D eigenvalue weighted by atomic mass is 32.2. The number of carbonyl (C=O) groups is 1. The number of hydrogen-bond donors (Lipinski definition) is 0. The van der Waals surface area contributed by atoms with Gasteiger partial charge >= 0.3 is 0 Å². The second-order valence-corrected chi connectivity index (χ2v) is 11.3. The van der Waals surface area contributed by atoms with Crippen molar-refractivity contribution < 1.29 is 13.2 Å². The Morgan fingerprint density at radius 2 is 1.74 bits per heavy atom. The van der Waals surface area contributed by atoms with E-state index < -0.39 is 9.84 Å². The number of fused-ring (bicyclic) bond motifs is 1. The average molecular weight is 458 g/mol. The lowest BCUT2D eigenvalue weighted by atomic mass is 10.0. The van der Waals surface area contributed by atoms with E-state index in [-0.39, 0.29) is 17.2 Å². The second-order valence-electron chi connectivity index (χ2n) is 8.31. The highest BCUT2D eigenvalue weighted by Gasteiger charge is 2.24. The summed E-state index contributed by atoms with van der Waals surface area (Å²) in [5, 5.41) is 1.02. The lowest BCUT2D eigenvalue weighted by Crippen LogP contribution is -2.49. The van der Waals surface area contributed by atoms with Crippen LogP contribution in [0.4, 0.5) is 5.13 Å². The van der Waals surface area contributed by atoms with E-state index in [1.807, 2.05) is 4.90 Å². The van der Waals surface area contributed by atoms with Gasteiger partial charge in [-0.2, -0.15) is 0 Å². The van der Waals surface area contributed by atoms with Crippen molar-refractivity contribution >= 4 is 42.4 Å². The van der Waals surface area contributed by atoms with E-state index in [4.69, 9.17) is 4.98 Å². The molecule has 6 nitrogen and oxygen atoms in total. The minimum atomic E-state index is -3.22. The fraction of sp³-hybridized carbons (Fsp3) is 0.391. The minimum absolute atomic E-state index is 0.0677. The summed E-state index contributed by atoms with van der Waals surface area (Å²) < 4.78 is 24.4. The molecule has 1 aliphatic rings. The monoisotopic (exact) mass is 457 g/mol. The normalized spacial score (nSPS) is 15.1. The first-order chi connectivity index (χ1) is 14.7. The van der Waals surface area contributed by atoms with Gasteiger partial charge in [0.25, 0.3) is 0 Å². The Bertz CT molecular complexity index is 1190. The Kier molecular flexibility index (Phi) is 6.03. The number of aromatic nitrogens is 1. The molecule has 1 saturated heterocycles. The smallest absolute Gasteiger partial charge is 0.227 e. The van der Waals surface area contributed by atoms with E-state index in [9.17, 15) is 13.2 Å². The molecule has 0 unspecified atom stereocenters. The molecule has 8 heteroatoms.